The zero-order valence-electron chi connectivity index (χ0n) is 8.09. The molecular formula is C9H21NO. The molecule has 0 radical (unpaired) electrons. The van der Waals surface area contributed by atoms with E-state index in [1.165, 1.54) is 0 Å². The van der Waals surface area contributed by atoms with Gasteiger partial charge >= 0.3 is 0 Å². The molecule has 0 saturated heterocycles. The van der Waals surface area contributed by atoms with Crippen LogP contribution < -0.4 is 5.32 Å². The van der Waals surface area contributed by atoms with E-state index in [1.54, 1.807) is 0 Å². The molecule has 2 N–H and O–H groups in total. The minimum Gasteiger partial charge on any atom is -0.395 e. The van der Waals surface area contributed by atoms with Gasteiger partial charge in [-0.15, -0.1) is 0 Å². The molecule has 0 bridgehead atoms. The van der Waals surface area contributed by atoms with Gasteiger partial charge in [0.1, 0.15) is 0 Å². The Kier molecular flexibility index (Phi) is 5.51. The van der Waals surface area contributed by atoms with Crippen molar-refractivity contribution in [3.8, 4) is 0 Å². The highest BCUT2D eigenvalue weighted by atomic mass is 16.3. The quantitative estimate of drug-likeness (QED) is 0.633. The number of hydrogen-bond donors (Lipinski definition) is 2. The maximum atomic E-state index is 8.62. The van der Waals surface area contributed by atoms with Crippen LogP contribution in [0.5, 0.6) is 0 Å². The minimum absolute atomic E-state index is 0.232. The van der Waals surface area contributed by atoms with Crippen molar-refractivity contribution < 1.29 is 5.11 Å². The highest BCUT2D eigenvalue weighted by Crippen LogP contribution is 2.10. The average Bonchev–Trinajstić information content (AvgIpc) is 1.87. The summed E-state index contributed by atoms with van der Waals surface area (Å²) in [5.41, 5.74) is 0. The van der Waals surface area contributed by atoms with Crippen LogP contribution in [-0.2, 0) is 0 Å². The van der Waals surface area contributed by atoms with Gasteiger partial charge in [-0.2, -0.15) is 0 Å². The SMILES string of the molecule is CC(C)C(NCCO)C(C)C. The monoisotopic (exact) mass is 159 g/mol. The molecule has 2 heteroatoms. The molecule has 11 heavy (non-hydrogen) atoms. The summed E-state index contributed by atoms with van der Waals surface area (Å²) in [6.07, 6.45) is 0. The van der Waals surface area contributed by atoms with E-state index in [9.17, 15) is 0 Å². The van der Waals surface area contributed by atoms with Crippen LogP contribution in [-0.4, -0.2) is 24.3 Å². The van der Waals surface area contributed by atoms with Crippen molar-refractivity contribution in [2.75, 3.05) is 13.2 Å². The van der Waals surface area contributed by atoms with Crippen LogP contribution in [0.1, 0.15) is 27.7 Å². The van der Waals surface area contributed by atoms with Gasteiger partial charge in [-0.25, -0.2) is 0 Å². The van der Waals surface area contributed by atoms with E-state index >= 15 is 0 Å². The van der Waals surface area contributed by atoms with E-state index in [2.05, 4.69) is 33.0 Å². The minimum atomic E-state index is 0.232. The Balaban J connectivity index is 3.70. The zero-order valence-corrected chi connectivity index (χ0v) is 8.09. The van der Waals surface area contributed by atoms with Gasteiger partial charge < -0.3 is 10.4 Å². The molecule has 0 atom stereocenters. The second kappa shape index (κ2) is 5.56. The topological polar surface area (TPSA) is 32.3 Å². The van der Waals surface area contributed by atoms with Crippen molar-refractivity contribution in [3.63, 3.8) is 0 Å². The van der Waals surface area contributed by atoms with Crippen LogP contribution in [0.4, 0.5) is 0 Å². The Hall–Kier alpha value is -0.0800. The van der Waals surface area contributed by atoms with Crippen LogP contribution in [0.15, 0.2) is 0 Å². The number of aliphatic hydroxyl groups is 1. The lowest BCUT2D eigenvalue weighted by molar-refractivity contribution is 0.252. The summed E-state index contributed by atoms with van der Waals surface area (Å²) in [7, 11) is 0. The van der Waals surface area contributed by atoms with Gasteiger partial charge in [-0.3, -0.25) is 0 Å². The molecule has 0 unspecified atom stereocenters. The number of aliphatic hydroxyl groups excluding tert-OH is 1. The normalized spacial score (nSPS) is 12.0. The first-order valence-electron chi connectivity index (χ1n) is 4.43. The molecule has 0 aliphatic rings. The summed E-state index contributed by atoms with van der Waals surface area (Å²) in [6.45, 7) is 9.76. The molecule has 0 aliphatic carbocycles. The van der Waals surface area contributed by atoms with Gasteiger partial charge in [-0.05, 0) is 11.8 Å². The molecule has 0 saturated carbocycles. The van der Waals surface area contributed by atoms with Gasteiger partial charge in [0.15, 0.2) is 0 Å². The van der Waals surface area contributed by atoms with E-state index in [1.807, 2.05) is 0 Å². The average molecular weight is 159 g/mol. The zero-order chi connectivity index (χ0) is 8.85. The van der Waals surface area contributed by atoms with Crippen molar-refractivity contribution in [1.29, 1.82) is 0 Å². The van der Waals surface area contributed by atoms with Crippen molar-refractivity contribution in [2.24, 2.45) is 11.8 Å². The predicted octanol–water partition coefficient (Wildman–Crippen LogP) is 1.25. The highest BCUT2D eigenvalue weighted by Gasteiger charge is 2.15. The highest BCUT2D eigenvalue weighted by molar-refractivity contribution is 4.73. The summed E-state index contributed by atoms with van der Waals surface area (Å²) < 4.78 is 0. The molecule has 68 valence electrons. The van der Waals surface area contributed by atoms with E-state index in [4.69, 9.17) is 5.11 Å². The van der Waals surface area contributed by atoms with Gasteiger partial charge in [0, 0.05) is 12.6 Å². The maximum Gasteiger partial charge on any atom is 0.0556 e. The smallest absolute Gasteiger partial charge is 0.0556 e. The standard InChI is InChI=1S/C9H21NO/c1-7(2)9(8(3)4)10-5-6-11/h7-11H,5-6H2,1-4H3. The maximum absolute atomic E-state index is 8.62. The first kappa shape index (κ1) is 10.9. The number of hydrogen-bond acceptors (Lipinski definition) is 2. The lowest BCUT2D eigenvalue weighted by Gasteiger charge is -2.25. The van der Waals surface area contributed by atoms with Crippen LogP contribution in [0, 0.1) is 11.8 Å². The first-order valence-corrected chi connectivity index (χ1v) is 4.43. The van der Waals surface area contributed by atoms with Crippen LogP contribution in [0.2, 0.25) is 0 Å². The largest absolute Gasteiger partial charge is 0.395 e. The fourth-order valence-corrected chi connectivity index (χ4v) is 1.47. The Morgan fingerprint density at radius 3 is 1.82 bits per heavy atom. The molecule has 0 aromatic rings. The summed E-state index contributed by atoms with van der Waals surface area (Å²) >= 11 is 0. The molecule has 0 aromatic carbocycles. The van der Waals surface area contributed by atoms with E-state index in [0.29, 0.717) is 24.4 Å². The predicted molar refractivity (Wildman–Crippen MR) is 48.6 cm³/mol. The van der Waals surface area contributed by atoms with Crippen molar-refractivity contribution in [2.45, 2.75) is 33.7 Å². The molecule has 2 nitrogen and oxygen atoms in total. The lowest BCUT2D eigenvalue weighted by atomic mass is 9.93. The summed E-state index contributed by atoms with van der Waals surface area (Å²) in [5, 5.41) is 11.9. The Morgan fingerprint density at radius 1 is 1.09 bits per heavy atom. The third kappa shape index (κ3) is 4.38. The van der Waals surface area contributed by atoms with Gasteiger partial charge in [0.2, 0.25) is 0 Å². The second-order valence-corrected chi connectivity index (χ2v) is 3.69. The Bertz CT molecular complexity index is 83.6. The summed E-state index contributed by atoms with van der Waals surface area (Å²) in [6, 6.07) is 0.530. The van der Waals surface area contributed by atoms with Crippen LogP contribution in [0.3, 0.4) is 0 Å². The van der Waals surface area contributed by atoms with E-state index < -0.39 is 0 Å². The molecular weight excluding hydrogens is 138 g/mol. The third-order valence-corrected chi connectivity index (χ3v) is 1.93. The molecule has 0 heterocycles. The van der Waals surface area contributed by atoms with Crippen molar-refractivity contribution >= 4 is 0 Å². The van der Waals surface area contributed by atoms with Crippen molar-refractivity contribution in [3.05, 3.63) is 0 Å². The van der Waals surface area contributed by atoms with E-state index in [0.717, 1.165) is 0 Å². The molecule has 0 amide bonds. The summed E-state index contributed by atoms with van der Waals surface area (Å²) in [5.74, 6) is 1.28. The second-order valence-electron chi connectivity index (χ2n) is 3.69. The van der Waals surface area contributed by atoms with Gasteiger partial charge in [-0.1, -0.05) is 27.7 Å². The molecule has 0 spiro atoms. The molecule has 0 aliphatic heterocycles. The van der Waals surface area contributed by atoms with E-state index in [-0.39, 0.29) is 6.61 Å². The number of rotatable bonds is 5. The van der Waals surface area contributed by atoms with Crippen LogP contribution in [0.25, 0.3) is 0 Å². The van der Waals surface area contributed by atoms with Gasteiger partial charge in [0.25, 0.3) is 0 Å². The van der Waals surface area contributed by atoms with Crippen molar-refractivity contribution in [1.82, 2.24) is 5.32 Å². The lowest BCUT2D eigenvalue weighted by Crippen LogP contribution is -2.39. The first-order chi connectivity index (χ1) is 5.09. The fraction of sp³-hybridized carbons (Fsp3) is 1.00. The van der Waals surface area contributed by atoms with Gasteiger partial charge in [0.05, 0.1) is 6.61 Å². The summed E-state index contributed by atoms with van der Waals surface area (Å²) in [4.78, 5) is 0. The Morgan fingerprint density at radius 2 is 1.55 bits per heavy atom. The molecule has 0 aromatic heterocycles. The number of nitrogens with one attached hydrogen (secondary N) is 1. The molecule has 0 fully saturated rings. The van der Waals surface area contributed by atoms with Crippen LogP contribution >= 0.6 is 0 Å². The molecule has 0 rings (SSSR count). The fourth-order valence-electron chi connectivity index (χ4n) is 1.47. The Labute approximate surface area is 70.0 Å². The third-order valence-electron chi connectivity index (χ3n) is 1.93.